The monoisotopic (exact) mass is 538 g/mol. The van der Waals surface area contributed by atoms with E-state index in [9.17, 15) is 29.3 Å². The molecule has 2 saturated heterocycles. The summed E-state index contributed by atoms with van der Waals surface area (Å²) in [5, 5.41) is 11.1. The Morgan fingerprint density at radius 3 is 2.25 bits per heavy atom. The summed E-state index contributed by atoms with van der Waals surface area (Å²) in [6, 6.07) is 17.5. The van der Waals surface area contributed by atoms with E-state index in [1.54, 1.807) is 6.92 Å². The molecule has 1 unspecified atom stereocenters. The molecule has 2 amide bonds. The van der Waals surface area contributed by atoms with Crippen LogP contribution in [0.3, 0.4) is 0 Å². The van der Waals surface area contributed by atoms with Gasteiger partial charge in [-0.25, -0.2) is 9.69 Å². The molecule has 40 heavy (non-hydrogen) atoms. The fourth-order valence-electron chi connectivity index (χ4n) is 6.19. The molecule has 3 aromatic carbocycles. The van der Waals surface area contributed by atoms with Crippen LogP contribution in [0.2, 0.25) is 0 Å². The minimum atomic E-state index is -0.948. The molecule has 1 N–H and O–H groups in total. The van der Waals surface area contributed by atoms with Gasteiger partial charge in [-0.15, -0.1) is 0 Å². The number of non-ortho nitro benzene ring substituents is 1. The topological polar surface area (TPSA) is 128 Å². The van der Waals surface area contributed by atoms with Crippen molar-refractivity contribution in [3.63, 3.8) is 0 Å². The van der Waals surface area contributed by atoms with Crippen LogP contribution in [0.5, 0.6) is 0 Å². The lowest BCUT2D eigenvalue weighted by Gasteiger charge is -2.30. The molecule has 0 aromatic heterocycles. The molecule has 3 aromatic rings. The van der Waals surface area contributed by atoms with Crippen LogP contribution in [0.15, 0.2) is 79.0 Å². The minimum absolute atomic E-state index is 0.151. The molecule has 0 aliphatic carbocycles. The van der Waals surface area contributed by atoms with Crippen molar-refractivity contribution in [1.82, 2.24) is 0 Å². The fourth-order valence-corrected chi connectivity index (χ4v) is 6.19. The molecule has 0 spiro atoms. The average molecular weight is 539 g/mol. The number of esters is 1. The number of hydrogen-bond donors (Lipinski definition) is 1. The van der Waals surface area contributed by atoms with Crippen LogP contribution < -0.4 is 9.80 Å². The van der Waals surface area contributed by atoms with E-state index >= 15 is 0 Å². The Kier molecular flexibility index (Phi) is 6.11. The number of benzene rings is 3. The Morgan fingerprint density at radius 2 is 1.57 bits per heavy atom. The largest absolute Gasteiger partial charge is 0.462 e. The average Bonchev–Trinajstić information content (AvgIpc) is 3.45. The number of amides is 2. The smallest absolute Gasteiger partial charge is 0.338 e. The summed E-state index contributed by atoms with van der Waals surface area (Å²) in [4.78, 5) is 66.4. The molecule has 0 radical (unpaired) electrons. The number of imide groups is 1. The van der Waals surface area contributed by atoms with Gasteiger partial charge in [0.2, 0.25) is 17.6 Å². The van der Waals surface area contributed by atoms with Crippen LogP contribution in [0.25, 0.3) is 6.08 Å². The molecule has 3 aliphatic rings. The van der Waals surface area contributed by atoms with E-state index in [1.165, 1.54) is 48.5 Å². The van der Waals surface area contributed by atoms with E-state index < -0.39 is 46.6 Å². The van der Waals surface area contributed by atoms with Crippen molar-refractivity contribution in [1.29, 1.82) is 0 Å². The summed E-state index contributed by atoms with van der Waals surface area (Å²) in [6.07, 6.45) is 3.72. The maximum Gasteiger partial charge on any atom is 0.338 e. The first-order chi connectivity index (χ1) is 19.3. The molecule has 0 bridgehead atoms. The van der Waals surface area contributed by atoms with Gasteiger partial charge in [0, 0.05) is 23.3 Å². The van der Waals surface area contributed by atoms with E-state index in [4.69, 9.17) is 4.74 Å². The summed E-state index contributed by atoms with van der Waals surface area (Å²) >= 11 is 0. The highest BCUT2D eigenvalue weighted by Crippen LogP contribution is 2.45. The minimum Gasteiger partial charge on any atom is -0.462 e. The number of rotatable bonds is 6. The highest BCUT2D eigenvalue weighted by atomic mass is 16.6. The molecule has 200 valence electrons. The number of nitrogens with one attached hydrogen (secondary N) is 1. The van der Waals surface area contributed by atoms with E-state index in [-0.39, 0.29) is 29.2 Å². The van der Waals surface area contributed by atoms with Crippen molar-refractivity contribution in [2.24, 2.45) is 11.8 Å². The van der Waals surface area contributed by atoms with Crippen molar-refractivity contribution in [2.45, 2.75) is 19.0 Å². The molecular formula is C30H24N3O7+. The summed E-state index contributed by atoms with van der Waals surface area (Å²) in [5.41, 5.74) is 2.46. The van der Waals surface area contributed by atoms with Gasteiger partial charge < -0.3 is 4.74 Å². The van der Waals surface area contributed by atoms with Crippen molar-refractivity contribution >= 4 is 41.0 Å². The Bertz CT molecular complexity index is 1600. The van der Waals surface area contributed by atoms with Crippen LogP contribution in [-0.2, 0) is 14.3 Å². The van der Waals surface area contributed by atoms with Crippen molar-refractivity contribution < 1.29 is 33.7 Å². The number of anilines is 1. The Labute approximate surface area is 228 Å². The molecule has 6 rings (SSSR count). The quantitative estimate of drug-likeness (QED) is 0.168. The number of Topliss-reactive ketones (excluding diaryl/α,β-unsaturated/α-hetero) is 1. The SMILES string of the molecule is CCOC(=O)c1ccc(N2C(=O)[C@@H]3[C@H](C2=O)[C@H](C(=O)c2ccc([N+](=O)[O-])cc2)[NH+]2C=Cc4ccccc4[C@H]32)cc1. The number of quaternary nitrogens is 1. The molecule has 0 saturated carbocycles. The first kappa shape index (κ1) is 25.3. The number of ether oxygens (including phenoxy) is 1. The Morgan fingerprint density at radius 1 is 0.925 bits per heavy atom. The fraction of sp³-hybridized carbons (Fsp3) is 0.200. The van der Waals surface area contributed by atoms with Crippen molar-refractivity contribution in [3.05, 3.63) is 111 Å². The second-order valence-electron chi connectivity index (χ2n) is 9.92. The summed E-state index contributed by atoms with van der Waals surface area (Å²) in [6.45, 7) is 1.91. The maximum absolute atomic E-state index is 14.0. The summed E-state index contributed by atoms with van der Waals surface area (Å²) in [7, 11) is 0. The zero-order valence-corrected chi connectivity index (χ0v) is 21.4. The van der Waals surface area contributed by atoms with Crippen LogP contribution in [0, 0.1) is 22.0 Å². The van der Waals surface area contributed by atoms with Gasteiger partial charge in [-0.2, -0.15) is 0 Å². The molecule has 5 atom stereocenters. The maximum atomic E-state index is 14.0. The van der Waals surface area contributed by atoms with Gasteiger partial charge >= 0.3 is 5.97 Å². The molecule has 3 heterocycles. The van der Waals surface area contributed by atoms with Crippen molar-refractivity contribution in [3.8, 4) is 0 Å². The number of hydrogen-bond acceptors (Lipinski definition) is 7. The number of nitrogens with zero attached hydrogens (tertiary/aromatic N) is 2. The third-order valence-electron chi connectivity index (χ3n) is 7.90. The number of fused-ring (bicyclic) bond motifs is 5. The van der Waals surface area contributed by atoms with Gasteiger partial charge in [0.15, 0.2) is 6.04 Å². The molecule has 10 heteroatoms. The molecule has 10 nitrogen and oxygen atoms in total. The Hall–Kier alpha value is -4.96. The molecule has 2 fully saturated rings. The zero-order chi connectivity index (χ0) is 28.1. The lowest BCUT2D eigenvalue weighted by atomic mass is 9.83. The predicted molar refractivity (Wildman–Crippen MR) is 142 cm³/mol. The molecular weight excluding hydrogens is 514 g/mol. The first-order valence-corrected chi connectivity index (χ1v) is 12.9. The summed E-state index contributed by atoms with van der Waals surface area (Å²) < 4.78 is 5.02. The van der Waals surface area contributed by atoms with E-state index in [2.05, 4.69) is 0 Å². The number of ketones is 1. The van der Waals surface area contributed by atoms with Crippen LogP contribution in [0.4, 0.5) is 11.4 Å². The van der Waals surface area contributed by atoms with Crippen molar-refractivity contribution in [2.75, 3.05) is 11.5 Å². The van der Waals surface area contributed by atoms with Gasteiger partial charge in [0.1, 0.15) is 17.9 Å². The summed E-state index contributed by atoms with van der Waals surface area (Å²) in [5.74, 6) is -3.53. The van der Waals surface area contributed by atoms with E-state index in [0.717, 1.165) is 16.0 Å². The second kappa shape index (κ2) is 9.65. The van der Waals surface area contributed by atoms with Gasteiger partial charge in [0.05, 0.1) is 29.0 Å². The number of nitro benzene ring substituents is 1. The number of carbonyl (C=O) groups is 4. The van der Waals surface area contributed by atoms with Gasteiger partial charge in [0.25, 0.3) is 5.69 Å². The zero-order valence-electron chi connectivity index (χ0n) is 21.4. The van der Waals surface area contributed by atoms with Crippen LogP contribution in [-0.4, -0.2) is 41.1 Å². The lowest BCUT2D eigenvalue weighted by Crippen LogP contribution is -3.12. The number of carbonyl (C=O) groups excluding carboxylic acids is 4. The van der Waals surface area contributed by atoms with E-state index in [0.29, 0.717) is 10.6 Å². The standard InChI is InChI=1S/C30H23N3O7/c1-2-40-30(37)19-9-11-20(12-10-19)32-28(35)23-24(29(32)36)26(27(34)18-7-13-21(14-8-18)33(38)39)31-16-15-17-5-3-4-6-22(17)25(23)31/h3-16,23-26H,2H2,1H3/p+1/t23-,24+,25-,26-/m1/s1. The predicted octanol–water partition coefficient (Wildman–Crippen LogP) is 2.75. The van der Waals surface area contributed by atoms with Gasteiger partial charge in [-0.1, -0.05) is 24.3 Å². The number of nitro groups is 1. The second-order valence-corrected chi connectivity index (χ2v) is 9.92. The van der Waals surface area contributed by atoms with Gasteiger partial charge in [-0.3, -0.25) is 29.4 Å². The third kappa shape index (κ3) is 3.84. The van der Waals surface area contributed by atoms with E-state index in [1.807, 2.05) is 36.5 Å². The third-order valence-corrected chi connectivity index (χ3v) is 7.90. The normalized spacial score (nSPS) is 24.3. The highest BCUT2D eigenvalue weighted by molar-refractivity contribution is 6.24. The van der Waals surface area contributed by atoms with Crippen LogP contribution >= 0.6 is 0 Å². The van der Waals surface area contributed by atoms with Gasteiger partial charge in [-0.05, 0) is 55.0 Å². The van der Waals surface area contributed by atoms with Crippen LogP contribution in [0.1, 0.15) is 44.8 Å². The first-order valence-electron chi connectivity index (χ1n) is 12.9. The molecule has 3 aliphatic heterocycles. The highest BCUT2D eigenvalue weighted by Gasteiger charge is 2.68. The Balaban J connectivity index is 1.41. The lowest BCUT2D eigenvalue weighted by molar-refractivity contribution is -0.884.